The van der Waals surface area contributed by atoms with Gasteiger partial charge in [0.25, 0.3) is 0 Å². The largest absolute Gasteiger partial charge is 0.370 e. The summed E-state index contributed by atoms with van der Waals surface area (Å²) in [6.07, 6.45) is 3.71. The van der Waals surface area contributed by atoms with Gasteiger partial charge in [0.05, 0.1) is 10.7 Å². The lowest BCUT2D eigenvalue weighted by atomic mass is 10.3. The van der Waals surface area contributed by atoms with Crippen LogP contribution in [0.15, 0.2) is 21.9 Å². The van der Waals surface area contributed by atoms with Crippen LogP contribution in [0.5, 0.6) is 0 Å². The third-order valence-corrected chi connectivity index (χ3v) is 5.71. The summed E-state index contributed by atoms with van der Waals surface area (Å²) in [6, 6.07) is 0. The van der Waals surface area contributed by atoms with E-state index in [9.17, 15) is 0 Å². The molecule has 1 aliphatic rings. The zero-order valence-electron chi connectivity index (χ0n) is 13.7. The van der Waals surface area contributed by atoms with Crippen molar-refractivity contribution in [2.45, 2.75) is 19.8 Å². The topological polar surface area (TPSA) is 70.6 Å². The van der Waals surface area contributed by atoms with E-state index in [4.69, 9.17) is 5.73 Å². The van der Waals surface area contributed by atoms with E-state index in [0.717, 1.165) is 49.8 Å². The lowest BCUT2D eigenvalue weighted by molar-refractivity contribution is 0.380. The van der Waals surface area contributed by atoms with Gasteiger partial charge in [0.15, 0.2) is 11.1 Å². The highest BCUT2D eigenvalue weighted by Crippen LogP contribution is 2.18. The Morgan fingerprint density at radius 3 is 2.71 bits per heavy atom. The summed E-state index contributed by atoms with van der Waals surface area (Å²) in [5.41, 5.74) is 7.26. The summed E-state index contributed by atoms with van der Waals surface area (Å²) in [6.45, 7) is 6.50. The molecule has 0 spiro atoms. The maximum Gasteiger partial charge on any atom is 0.191 e. The van der Waals surface area contributed by atoms with Crippen LogP contribution in [0.1, 0.15) is 17.6 Å². The van der Waals surface area contributed by atoms with Gasteiger partial charge in [-0.1, -0.05) is 6.92 Å². The molecule has 0 unspecified atom stereocenters. The Balaban J connectivity index is 0.00000208. The summed E-state index contributed by atoms with van der Waals surface area (Å²) in [5, 5.41) is 6.42. The number of nitrogens with zero attached hydrogens (tertiary/aromatic N) is 5. The van der Waals surface area contributed by atoms with Crippen molar-refractivity contribution in [2.24, 2.45) is 10.7 Å². The summed E-state index contributed by atoms with van der Waals surface area (Å²) in [7, 11) is 0. The zero-order chi connectivity index (χ0) is 16.1. The summed E-state index contributed by atoms with van der Waals surface area (Å²) in [4.78, 5) is 17.9. The first kappa shape index (κ1) is 19.4. The molecule has 0 amide bonds. The fourth-order valence-electron chi connectivity index (χ4n) is 2.51. The molecule has 0 atom stereocenters. The third-order valence-electron chi connectivity index (χ3n) is 3.84. The van der Waals surface area contributed by atoms with Crippen LogP contribution in [0.4, 0.5) is 5.13 Å². The molecule has 24 heavy (non-hydrogen) atoms. The lowest BCUT2D eigenvalue weighted by Gasteiger charge is -2.35. The average molecular weight is 478 g/mol. The third kappa shape index (κ3) is 5.03. The molecule has 9 heteroatoms. The fraction of sp³-hybridized carbons (Fsp3) is 0.533. The van der Waals surface area contributed by atoms with Crippen molar-refractivity contribution >= 4 is 57.7 Å². The highest BCUT2D eigenvalue weighted by molar-refractivity contribution is 14.0. The van der Waals surface area contributed by atoms with Crippen LogP contribution < -0.4 is 10.6 Å². The van der Waals surface area contributed by atoms with E-state index in [0.29, 0.717) is 12.5 Å². The standard InChI is InChI=1S/C15H22N6S2.HI/c1-2-13-19-12(11-23-13)3-4-17-14(16)20-6-8-21(9-7-20)15-18-5-10-22-15;/h5,10-11H,2-4,6-9H2,1H3,(H2,16,17);1H. The van der Waals surface area contributed by atoms with Gasteiger partial charge in [-0.3, -0.25) is 4.99 Å². The zero-order valence-corrected chi connectivity index (χ0v) is 17.7. The van der Waals surface area contributed by atoms with Crippen LogP contribution >= 0.6 is 46.7 Å². The minimum atomic E-state index is 0. The van der Waals surface area contributed by atoms with Crippen LogP contribution in [0.25, 0.3) is 0 Å². The number of thiazole rings is 2. The molecule has 1 fully saturated rings. The maximum absolute atomic E-state index is 6.13. The van der Waals surface area contributed by atoms with Crippen molar-refractivity contribution in [2.75, 3.05) is 37.6 Å². The van der Waals surface area contributed by atoms with Gasteiger partial charge in [0, 0.05) is 56.1 Å². The highest BCUT2D eigenvalue weighted by atomic mass is 127. The van der Waals surface area contributed by atoms with Gasteiger partial charge in [-0.05, 0) is 6.42 Å². The number of halogens is 1. The van der Waals surface area contributed by atoms with Gasteiger partial charge >= 0.3 is 0 Å². The molecule has 0 aromatic carbocycles. The first-order chi connectivity index (χ1) is 11.3. The van der Waals surface area contributed by atoms with Gasteiger partial charge in [0.1, 0.15) is 0 Å². The highest BCUT2D eigenvalue weighted by Gasteiger charge is 2.19. The van der Waals surface area contributed by atoms with Gasteiger partial charge in [0.2, 0.25) is 0 Å². The molecular weight excluding hydrogens is 455 g/mol. The van der Waals surface area contributed by atoms with Gasteiger partial charge in [-0.25, -0.2) is 9.97 Å². The van der Waals surface area contributed by atoms with Crippen molar-refractivity contribution in [3.8, 4) is 0 Å². The SMILES string of the molecule is CCc1nc(CCN=C(N)N2CCN(c3nccs3)CC2)cs1.I. The smallest absolute Gasteiger partial charge is 0.191 e. The number of guanidine groups is 1. The van der Waals surface area contributed by atoms with Crippen LogP contribution in [-0.2, 0) is 12.8 Å². The van der Waals surface area contributed by atoms with Crippen molar-refractivity contribution in [1.29, 1.82) is 0 Å². The van der Waals surface area contributed by atoms with Crippen molar-refractivity contribution in [3.05, 3.63) is 27.7 Å². The van der Waals surface area contributed by atoms with Crippen LogP contribution in [-0.4, -0.2) is 53.6 Å². The molecule has 1 saturated heterocycles. The second-order valence-corrected chi connectivity index (χ2v) is 7.18. The molecule has 1 aliphatic heterocycles. The molecule has 2 aromatic rings. The van der Waals surface area contributed by atoms with E-state index in [1.54, 1.807) is 22.7 Å². The lowest BCUT2D eigenvalue weighted by Crippen LogP contribution is -2.51. The summed E-state index contributed by atoms with van der Waals surface area (Å²) in [5.74, 6) is 0.648. The molecule has 2 N–H and O–H groups in total. The number of hydrogen-bond donors (Lipinski definition) is 1. The number of aryl methyl sites for hydroxylation is 1. The minimum absolute atomic E-state index is 0. The Morgan fingerprint density at radius 2 is 2.08 bits per heavy atom. The monoisotopic (exact) mass is 478 g/mol. The fourth-order valence-corrected chi connectivity index (χ4v) is 3.99. The Labute approximate surface area is 167 Å². The number of aliphatic imine (C=N–C) groups is 1. The molecule has 2 aromatic heterocycles. The van der Waals surface area contributed by atoms with E-state index in [1.165, 1.54) is 5.01 Å². The Morgan fingerprint density at radius 1 is 1.29 bits per heavy atom. The second-order valence-electron chi connectivity index (χ2n) is 5.36. The van der Waals surface area contributed by atoms with E-state index in [1.807, 2.05) is 11.6 Å². The molecular formula is C15H23IN6S2. The summed E-state index contributed by atoms with van der Waals surface area (Å²) >= 11 is 3.41. The number of rotatable bonds is 5. The molecule has 3 rings (SSSR count). The Bertz CT molecular complexity index is 634. The van der Waals surface area contributed by atoms with Gasteiger partial charge < -0.3 is 15.5 Å². The number of anilines is 1. The molecule has 0 saturated carbocycles. The van der Waals surface area contributed by atoms with E-state index in [-0.39, 0.29) is 24.0 Å². The molecule has 0 bridgehead atoms. The number of hydrogen-bond acceptors (Lipinski definition) is 6. The maximum atomic E-state index is 6.13. The molecule has 0 aliphatic carbocycles. The van der Waals surface area contributed by atoms with Gasteiger partial charge in [-0.2, -0.15) is 0 Å². The molecule has 132 valence electrons. The first-order valence-electron chi connectivity index (χ1n) is 7.89. The molecule has 3 heterocycles. The number of nitrogens with two attached hydrogens (primary N) is 1. The van der Waals surface area contributed by atoms with Crippen LogP contribution in [0, 0.1) is 0 Å². The molecule has 0 radical (unpaired) electrons. The average Bonchev–Trinajstić information content (AvgIpc) is 3.26. The summed E-state index contributed by atoms with van der Waals surface area (Å²) < 4.78 is 0. The quantitative estimate of drug-likeness (QED) is 0.406. The predicted molar refractivity (Wildman–Crippen MR) is 113 cm³/mol. The molecule has 6 nitrogen and oxygen atoms in total. The number of aromatic nitrogens is 2. The minimum Gasteiger partial charge on any atom is -0.370 e. The Hall–Kier alpha value is -0.940. The Kier molecular flexibility index (Phi) is 7.69. The van der Waals surface area contributed by atoms with Crippen molar-refractivity contribution in [3.63, 3.8) is 0 Å². The van der Waals surface area contributed by atoms with Crippen molar-refractivity contribution in [1.82, 2.24) is 14.9 Å². The van der Waals surface area contributed by atoms with Crippen LogP contribution in [0.2, 0.25) is 0 Å². The van der Waals surface area contributed by atoms with Crippen molar-refractivity contribution < 1.29 is 0 Å². The van der Waals surface area contributed by atoms with E-state index < -0.39 is 0 Å². The number of piperazine rings is 1. The normalized spacial score (nSPS) is 15.5. The predicted octanol–water partition coefficient (Wildman–Crippen LogP) is 2.46. The van der Waals surface area contributed by atoms with Gasteiger partial charge in [-0.15, -0.1) is 46.7 Å². The van der Waals surface area contributed by atoms with E-state index >= 15 is 0 Å². The second kappa shape index (κ2) is 9.52. The first-order valence-corrected chi connectivity index (χ1v) is 9.64. The van der Waals surface area contributed by atoms with E-state index in [2.05, 4.69) is 37.1 Å². The van der Waals surface area contributed by atoms with Crippen LogP contribution in [0.3, 0.4) is 0 Å².